The molecule has 7 heteroatoms. The number of aryl methyl sites for hydroxylation is 1. The number of hydrogen-bond acceptors (Lipinski definition) is 5. The van der Waals surface area contributed by atoms with Gasteiger partial charge in [-0.25, -0.2) is 0 Å². The highest BCUT2D eigenvalue weighted by Gasteiger charge is 2.29. The summed E-state index contributed by atoms with van der Waals surface area (Å²) in [6.45, 7) is 3.90. The van der Waals surface area contributed by atoms with Gasteiger partial charge in [-0.15, -0.1) is 0 Å². The van der Waals surface area contributed by atoms with Gasteiger partial charge in [-0.1, -0.05) is 18.2 Å². The molecule has 2 heterocycles. The van der Waals surface area contributed by atoms with Crippen LogP contribution in [0.25, 0.3) is 0 Å². The number of benzene rings is 1. The molecule has 1 fully saturated rings. The van der Waals surface area contributed by atoms with E-state index in [1.165, 1.54) is 0 Å². The highest BCUT2D eigenvalue weighted by Crippen LogP contribution is 2.30. The Morgan fingerprint density at radius 3 is 2.80 bits per heavy atom. The zero-order valence-corrected chi connectivity index (χ0v) is 17.2. The molecular formula is C23H27N3O4. The molecular weight excluding hydrogens is 382 g/mol. The summed E-state index contributed by atoms with van der Waals surface area (Å²) in [6.07, 6.45) is 3.69. The van der Waals surface area contributed by atoms with Crippen LogP contribution in [0.5, 0.6) is 0 Å². The molecule has 0 saturated carbocycles. The second-order valence-corrected chi connectivity index (χ2v) is 8.22. The number of primary amides is 1. The Bertz CT molecular complexity index is 994. The second kappa shape index (κ2) is 8.44. The SMILES string of the molecule is Cc1c(C(=O)Nc2ccccc2CN2CCCC(C(N)=O)C2)oc2c1C(=O)CCC2. The number of hydrogen-bond donors (Lipinski definition) is 2. The van der Waals surface area contributed by atoms with Gasteiger partial charge in [0.25, 0.3) is 5.91 Å². The van der Waals surface area contributed by atoms with Gasteiger partial charge in [0.1, 0.15) is 5.76 Å². The fraction of sp³-hybridized carbons (Fsp3) is 0.435. The van der Waals surface area contributed by atoms with E-state index in [1.54, 1.807) is 6.92 Å². The van der Waals surface area contributed by atoms with Gasteiger partial charge in [-0.3, -0.25) is 19.3 Å². The Morgan fingerprint density at radius 1 is 1.23 bits per heavy atom. The summed E-state index contributed by atoms with van der Waals surface area (Å²) in [6, 6.07) is 7.61. The lowest BCUT2D eigenvalue weighted by Crippen LogP contribution is -2.40. The fourth-order valence-electron chi connectivity index (χ4n) is 4.50. The Labute approximate surface area is 175 Å². The van der Waals surface area contributed by atoms with Gasteiger partial charge in [0.15, 0.2) is 11.5 Å². The number of likely N-dealkylation sites (tertiary alicyclic amines) is 1. The van der Waals surface area contributed by atoms with Crippen LogP contribution in [0.15, 0.2) is 28.7 Å². The second-order valence-electron chi connectivity index (χ2n) is 8.22. The molecule has 2 aromatic rings. The average Bonchev–Trinajstić information content (AvgIpc) is 3.07. The van der Waals surface area contributed by atoms with E-state index in [1.807, 2.05) is 24.3 Å². The summed E-state index contributed by atoms with van der Waals surface area (Å²) in [5, 5.41) is 2.95. The largest absolute Gasteiger partial charge is 0.455 e. The number of amides is 2. The van der Waals surface area contributed by atoms with Crippen molar-refractivity contribution in [2.24, 2.45) is 11.7 Å². The number of nitrogens with one attached hydrogen (secondary N) is 1. The molecule has 1 aromatic heterocycles. The van der Waals surface area contributed by atoms with Crippen LogP contribution in [0, 0.1) is 12.8 Å². The average molecular weight is 409 g/mol. The topological polar surface area (TPSA) is 106 Å². The number of anilines is 1. The normalized spacial score (nSPS) is 19.4. The van der Waals surface area contributed by atoms with Gasteiger partial charge in [-0.2, -0.15) is 0 Å². The van der Waals surface area contributed by atoms with Crippen LogP contribution in [0.2, 0.25) is 0 Å². The molecule has 1 atom stereocenters. The molecule has 30 heavy (non-hydrogen) atoms. The van der Waals surface area contributed by atoms with Crippen LogP contribution in [-0.2, 0) is 17.8 Å². The maximum absolute atomic E-state index is 13.0. The lowest BCUT2D eigenvalue weighted by atomic mass is 9.94. The number of carbonyl (C=O) groups is 3. The first kappa shape index (κ1) is 20.3. The zero-order chi connectivity index (χ0) is 21.3. The molecule has 158 valence electrons. The first-order valence-electron chi connectivity index (χ1n) is 10.5. The summed E-state index contributed by atoms with van der Waals surface area (Å²) < 4.78 is 5.78. The lowest BCUT2D eigenvalue weighted by molar-refractivity contribution is -0.123. The Hall–Kier alpha value is -2.93. The van der Waals surface area contributed by atoms with Gasteiger partial charge in [0, 0.05) is 37.2 Å². The van der Waals surface area contributed by atoms with Crippen LogP contribution in [0.1, 0.15) is 63.5 Å². The van der Waals surface area contributed by atoms with E-state index >= 15 is 0 Å². The summed E-state index contributed by atoms with van der Waals surface area (Å²) in [5.74, 6) is 0.134. The van der Waals surface area contributed by atoms with Crippen LogP contribution < -0.4 is 11.1 Å². The van der Waals surface area contributed by atoms with Gasteiger partial charge >= 0.3 is 0 Å². The number of ketones is 1. The minimum atomic E-state index is -0.351. The summed E-state index contributed by atoms with van der Waals surface area (Å²) in [4.78, 5) is 38.9. The molecule has 0 radical (unpaired) electrons. The van der Waals surface area contributed by atoms with Crippen molar-refractivity contribution in [1.29, 1.82) is 0 Å². The highest BCUT2D eigenvalue weighted by molar-refractivity contribution is 6.07. The van der Waals surface area contributed by atoms with Crippen LogP contribution >= 0.6 is 0 Å². The van der Waals surface area contributed by atoms with Crippen molar-refractivity contribution in [3.8, 4) is 0 Å². The lowest BCUT2D eigenvalue weighted by Gasteiger charge is -2.31. The molecule has 1 unspecified atom stereocenters. The maximum Gasteiger partial charge on any atom is 0.291 e. The minimum Gasteiger partial charge on any atom is -0.455 e. The van der Waals surface area contributed by atoms with E-state index < -0.39 is 0 Å². The van der Waals surface area contributed by atoms with Crippen LogP contribution in [-0.4, -0.2) is 35.6 Å². The van der Waals surface area contributed by atoms with Gasteiger partial charge in [-0.05, 0) is 44.4 Å². The van der Waals surface area contributed by atoms with Crippen molar-refractivity contribution in [1.82, 2.24) is 4.90 Å². The zero-order valence-electron chi connectivity index (χ0n) is 17.2. The van der Waals surface area contributed by atoms with Crippen LogP contribution in [0.4, 0.5) is 5.69 Å². The number of para-hydroxylation sites is 1. The third kappa shape index (κ3) is 4.03. The maximum atomic E-state index is 13.0. The van der Waals surface area contributed by atoms with Crippen molar-refractivity contribution < 1.29 is 18.8 Å². The van der Waals surface area contributed by atoms with Crippen molar-refractivity contribution in [2.75, 3.05) is 18.4 Å². The number of furan rings is 1. The van der Waals surface area contributed by atoms with E-state index in [4.69, 9.17) is 10.2 Å². The number of rotatable bonds is 5. The third-order valence-electron chi connectivity index (χ3n) is 6.08. The summed E-state index contributed by atoms with van der Waals surface area (Å²) >= 11 is 0. The van der Waals surface area contributed by atoms with Gasteiger partial charge in [0.05, 0.1) is 11.5 Å². The fourth-order valence-corrected chi connectivity index (χ4v) is 4.50. The molecule has 1 aliphatic carbocycles. The number of nitrogens with zero attached hydrogens (tertiary/aromatic N) is 1. The van der Waals surface area contributed by atoms with E-state index in [9.17, 15) is 14.4 Å². The smallest absolute Gasteiger partial charge is 0.291 e. The summed E-state index contributed by atoms with van der Waals surface area (Å²) in [5.41, 5.74) is 8.34. The van der Waals surface area contributed by atoms with E-state index in [0.717, 1.165) is 31.4 Å². The molecule has 1 aliphatic heterocycles. The van der Waals surface area contributed by atoms with E-state index in [-0.39, 0.29) is 29.3 Å². The van der Waals surface area contributed by atoms with Crippen molar-refractivity contribution in [3.05, 3.63) is 52.5 Å². The highest BCUT2D eigenvalue weighted by atomic mass is 16.4. The van der Waals surface area contributed by atoms with E-state index in [2.05, 4.69) is 10.2 Å². The Balaban J connectivity index is 1.51. The van der Waals surface area contributed by atoms with E-state index in [0.29, 0.717) is 48.5 Å². The van der Waals surface area contributed by atoms with Crippen molar-refractivity contribution >= 4 is 23.3 Å². The standard InChI is InChI=1S/C23H27N3O4/c1-14-20-18(27)9-4-10-19(20)30-21(14)23(29)25-17-8-3-2-6-15(17)12-26-11-5-7-16(13-26)22(24)28/h2-3,6,8,16H,4-5,7,9-13H2,1H3,(H2,24,28)(H,25,29). The molecule has 0 bridgehead atoms. The molecule has 4 rings (SSSR count). The molecule has 0 spiro atoms. The van der Waals surface area contributed by atoms with Crippen molar-refractivity contribution in [2.45, 2.75) is 45.6 Å². The molecule has 2 aliphatic rings. The first-order valence-corrected chi connectivity index (χ1v) is 10.5. The van der Waals surface area contributed by atoms with Gasteiger partial charge in [0.2, 0.25) is 5.91 Å². The minimum absolute atomic E-state index is 0.0473. The Morgan fingerprint density at radius 2 is 2.03 bits per heavy atom. The summed E-state index contributed by atoms with van der Waals surface area (Å²) in [7, 11) is 0. The molecule has 1 saturated heterocycles. The molecule has 3 N–H and O–H groups in total. The van der Waals surface area contributed by atoms with Crippen molar-refractivity contribution in [3.63, 3.8) is 0 Å². The predicted octanol–water partition coefficient (Wildman–Crippen LogP) is 3.06. The van der Waals surface area contributed by atoms with Gasteiger partial charge < -0.3 is 15.5 Å². The quantitative estimate of drug-likeness (QED) is 0.790. The van der Waals surface area contributed by atoms with Crippen LogP contribution in [0.3, 0.4) is 0 Å². The number of nitrogens with two attached hydrogens (primary N) is 1. The molecule has 7 nitrogen and oxygen atoms in total. The monoisotopic (exact) mass is 409 g/mol. The first-order chi connectivity index (χ1) is 14.4. The number of fused-ring (bicyclic) bond motifs is 1. The third-order valence-corrected chi connectivity index (χ3v) is 6.08. The molecule has 2 amide bonds. The predicted molar refractivity (Wildman–Crippen MR) is 112 cm³/mol. The number of carbonyl (C=O) groups excluding carboxylic acids is 3. The number of Topliss-reactive ketones (excluding diaryl/α,β-unsaturated/α-hetero) is 1. The molecule has 1 aromatic carbocycles. The Kier molecular flexibility index (Phi) is 5.72. The number of piperidine rings is 1.